The molecule has 0 saturated carbocycles. The molecule has 0 aromatic heterocycles. The number of primary amides is 1. The Labute approximate surface area is 109 Å². The summed E-state index contributed by atoms with van der Waals surface area (Å²) in [5.41, 5.74) is 4.53. The van der Waals surface area contributed by atoms with Gasteiger partial charge in [0.05, 0.1) is 6.61 Å². The molecule has 0 aromatic rings. The maximum absolute atomic E-state index is 10.9. The molecule has 5 heteroatoms. The Bertz CT molecular complexity index is 229. The van der Waals surface area contributed by atoms with Crippen molar-refractivity contribution in [2.24, 2.45) is 5.73 Å². The average molecular weight is 259 g/mol. The topological polar surface area (TPSA) is 78.6 Å². The van der Waals surface area contributed by atoms with Gasteiger partial charge in [0.1, 0.15) is 6.61 Å². The van der Waals surface area contributed by atoms with Crippen LogP contribution < -0.4 is 5.73 Å². The van der Waals surface area contributed by atoms with Gasteiger partial charge in [-0.1, -0.05) is 33.3 Å². The molecule has 0 rings (SSSR count). The third kappa shape index (κ3) is 20.1. The molecule has 2 N–H and O–H groups in total. The fourth-order valence-electron chi connectivity index (χ4n) is 0.774. The average Bonchev–Trinajstić information content (AvgIpc) is 2.36. The Kier molecular flexibility index (Phi) is 16.5. The molecule has 0 bridgehead atoms. The van der Waals surface area contributed by atoms with E-state index in [1.807, 2.05) is 0 Å². The number of hydrogen-bond donors (Lipinski definition) is 1. The van der Waals surface area contributed by atoms with Gasteiger partial charge in [-0.2, -0.15) is 0 Å². The number of rotatable bonds is 9. The number of nitrogens with two attached hydrogens (primary N) is 1. The van der Waals surface area contributed by atoms with Crippen molar-refractivity contribution in [3.8, 4) is 0 Å². The highest BCUT2D eigenvalue weighted by molar-refractivity contribution is 5.84. The van der Waals surface area contributed by atoms with Crippen LogP contribution in [0.25, 0.3) is 0 Å². The number of carbonyl (C=O) groups excluding carboxylic acids is 2. The molecule has 106 valence electrons. The molecule has 0 atom stereocenters. The van der Waals surface area contributed by atoms with Gasteiger partial charge in [-0.3, -0.25) is 4.79 Å². The largest absolute Gasteiger partial charge is 0.464 e. The first kappa shape index (κ1) is 19.0. The highest BCUT2D eigenvalue weighted by Gasteiger charge is 2.00. The minimum Gasteiger partial charge on any atom is -0.464 e. The number of amides is 1. The predicted octanol–water partition coefficient (Wildman–Crippen LogP) is 1.80. The lowest BCUT2D eigenvalue weighted by Gasteiger charge is -2.04. The number of ether oxygens (including phenoxy) is 2. The Morgan fingerprint density at radius 3 is 2.11 bits per heavy atom. The molecule has 1 amide bonds. The summed E-state index contributed by atoms with van der Waals surface area (Å²) in [6.07, 6.45) is 5.12. The zero-order valence-corrected chi connectivity index (χ0v) is 11.4. The van der Waals surface area contributed by atoms with Gasteiger partial charge < -0.3 is 15.2 Å². The number of carbonyl (C=O) groups is 2. The quantitative estimate of drug-likeness (QED) is 0.389. The molecule has 0 aliphatic rings. The maximum Gasteiger partial charge on any atom is 0.332 e. The Balaban J connectivity index is 0. The zero-order chi connectivity index (χ0) is 14.2. The number of esters is 1. The molecule has 0 unspecified atom stereocenters. The summed E-state index contributed by atoms with van der Waals surface area (Å²) in [6, 6.07) is 0. The number of hydrogen-bond acceptors (Lipinski definition) is 4. The SMILES string of the molecule is C=CC(N)=O.CCCCOCC(=O)OCCCC. The first-order valence-electron chi connectivity index (χ1n) is 6.23. The van der Waals surface area contributed by atoms with Crippen molar-refractivity contribution in [1.82, 2.24) is 0 Å². The van der Waals surface area contributed by atoms with Gasteiger partial charge in [-0.05, 0) is 18.9 Å². The second kappa shape index (κ2) is 15.6. The van der Waals surface area contributed by atoms with E-state index in [2.05, 4.69) is 26.2 Å². The molecule has 0 aliphatic heterocycles. The summed E-state index contributed by atoms with van der Waals surface area (Å²) in [7, 11) is 0. The van der Waals surface area contributed by atoms with Crippen LogP contribution in [0.4, 0.5) is 0 Å². The minimum absolute atomic E-state index is 0.101. The van der Waals surface area contributed by atoms with Crippen LogP contribution in [0.2, 0.25) is 0 Å². The summed E-state index contributed by atoms with van der Waals surface area (Å²) in [4.78, 5) is 20.4. The minimum atomic E-state index is -0.481. The summed E-state index contributed by atoms with van der Waals surface area (Å²) in [5, 5.41) is 0. The molecular formula is C13H25NO4. The molecular weight excluding hydrogens is 234 g/mol. The van der Waals surface area contributed by atoms with E-state index in [4.69, 9.17) is 9.47 Å². The van der Waals surface area contributed by atoms with E-state index in [0.717, 1.165) is 31.8 Å². The van der Waals surface area contributed by atoms with Crippen LogP contribution in [0, 0.1) is 0 Å². The fourth-order valence-corrected chi connectivity index (χ4v) is 0.774. The zero-order valence-electron chi connectivity index (χ0n) is 11.4. The second-order valence-electron chi connectivity index (χ2n) is 3.59. The van der Waals surface area contributed by atoms with E-state index < -0.39 is 5.91 Å². The van der Waals surface area contributed by atoms with Crippen molar-refractivity contribution in [3.63, 3.8) is 0 Å². The molecule has 0 saturated heterocycles. The Morgan fingerprint density at radius 2 is 1.67 bits per heavy atom. The molecule has 0 fully saturated rings. The van der Waals surface area contributed by atoms with Gasteiger partial charge in [-0.15, -0.1) is 0 Å². The summed E-state index contributed by atoms with van der Waals surface area (Å²) < 4.78 is 9.99. The number of unbranched alkanes of at least 4 members (excludes halogenated alkanes) is 2. The van der Waals surface area contributed by atoms with Crippen molar-refractivity contribution in [3.05, 3.63) is 12.7 Å². The van der Waals surface area contributed by atoms with Crippen LogP contribution >= 0.6 is 0 Å². The standard InChI is InChI=1S/C10H20O3.C3H5NO/c1-3-5-7-12-9-10(11)13-8-6-4-2;1-2-3(4)5/h3-9H2,1-2H3;2H,1H2,(H2,4,5). The lowest BCUT2D eigenvalue weighted by molar-refractivity contribution is -0.149. The van der Waals surface area contributed by atoms with Gasteiger partial charge in [0, 0.05) is 6.61 Å². The van der Waals surface area contributed by atoms with Gasteiger partial charge in [0.25, 0.3) is 0 Å². The van der Waals surface area contributed by atoms with E-state index in [-0.39, 0.29) is 12.6 Å². The molecule has 0 heterocycles. The second-order valence-corrected chi connectivity index (χ2v) is 3.59. The molecule has 0 radical (unpaired) electrons. The van der Waals surface area contributed by atoms with Crippen LogP contribution in [-0.4, -0.2) is 31.7 Å². The summed E-state index contributed by atoms with van der Waals surface area (Å²) >= 11 is 0. The van der Waals surface area contributed by atoms with Crippen molar-refractivity contribution in [2.45, 2.75) is 39.5 Å². The maximum atomic E-state index is 10.9. The van der Waals surface area contributed by atoms with Crippen molar-refractivity contribution in [1.29, 1.82) is 0 Å². The van der Waals surface area contributed by atoms with Crippen LogP contribution in [0.15, 0.2) is 12.7 Å². The van der Waals surface area contributed by atoms with Crippen LogP contribution in [-0.2, 0) is 19.1 Å². The fraction of sp³-hybridized carbons (Fsp3) is 0.692. The lowest BCUT2D eigenvalue weighted by atomic mass is 10.4. The van der Waals surface area contributed by atoms with E-state index in [1.54, 1.807) is 0 Å². The molecule has 0 aromatic carbocycles. The van der Waals surface area contributed by atoms with Crippen molar-refractivity contribution >= 4 is 11.9 Å². The smallest absolute Gasteiger partial charge is 0.332 e. The third-order valence-corrected chi connectivity index (χ3v) is 1.82. The van der Waals surface area contributed by atoms with Gasteiger partial charge in [0.15, 0.2) is 0 Å². The van der Waals surface area contributed by atoms with Crippen molar-refractivity contribution in [2.75, 3.05) is 19.8 Å². The van der Waals surface area contributed by atoms with Crippen molar-refractivity contribution < 1.29 is 19.1 Å². The molecule has 5 nitrogen and oxygen atoms in total. The summed E-state index contributed by atoms with van der Waals surface area (Å²) in [6.45, 7) is 8.51. The lowest BCUT2D eigenvalue weighted by Crippen LogP contribution is -2.13. The van der Waals surface area contributed by atoms with Crippen LogP contribution in [0.3, 0.4) is 0 Å². The summed E-state index contributed by atoms with van der Waals surface area (Å²) in [5.74, 6) is -0.727. The van der Waals surface area contributed by atoms with Gasteiger partial charge in [-0.25, -0.2) is 4.79 Å². The highest BCUT2D eigenvalue weighted by Crippen LogP contribution is 1.91. The monoisotopic (exact) mass is 259 g/mol. The van der Waals surface area contributed by atoms with E-state index in [9.17, 15) is 9.59 Å². The molecule has 0 spiro atoms. The van der Waals surface area contributed by atoms with E-state index in [0.29, 0.717) is 13.2 Å². The van der Waals surface area contributed by atoms with Crippen LogP contribution in [0.1, 0.15) is 39.5 Å². The Morgan fingerprint density at radius 1 is 1.17 bits per heavy atom. The molecule has 0 aliphatic carbocycles. The normalized spacial score (nSPS) is 9.00. The van der Waals surface area contributed by atoms with Gasteiger partial charge in [0.2, 0.25) is 5.91 Å². The molecule has 18 heavy (non-hydrogen) atoms. The predicted molar refractivity (Wildman–Crippen MR) is 71.0 cm³/mol. The first-order chi connectivity index (χ1) is 8.58. The Hall–Kier alpha value is -1.36. The van der Waals surface area contributed by atoms with Gasteiger partial charge >= 0.3 is 5.97 Å². The third-order valence-electron chi connectivity index (χ3n) is 1.82. The van der Waals surface area contributed by atoms with E-state index in [1.165, 1.54) is 0 Å². The highest BCUT2D eigenvalue weighted by atomic mass is 16.6. The van der Waals surface area contributed by atoms with Crippen LogP contribution in [0.5, 0.6) is 0 Å². The first-order valence-corrected chi connectivity index (χ1v) is 6.23. The van der Waals surface area contributed by atoms with E-state index >= 15 is 0 Å².